The molecule has 4 rings (SSSR count). The summed E-state index contributed by atoms with van der Waals surface area (Å²) < 4.78 is 6.83. The minimum atomic E-state index is -0.695. The molecule has 0 radical (unpaired) electrons. The number of hydrogen-bond donors (Lipinski definition) is 3. The normalized spacial score (nSPS) is 14.7. The number of fused-ring (bicyclic) bond motifs is 1. The summed E-state index contributed by atoms with van der Waals surface area (Å²) in [5.74, 6) is -0.591. The Balaban J connectivity index is 1.61. The number of likely N-dealkylation sites (tertiary alicyclic amines) is 1. The zero-order chi connectivity index (χ0) is 21.1. The maximum absolute atomic E-state index is 12.8. The van der Waals surface area contributed by atoms with Crippen LogP contribution < -0.4 is 15.0 Å². The number of methoxy groups -OCH3 is 1. The molecular weight excluding hydrogens is 390 g/mol. The molecule has 30 heavy (non-hydrogen) atoms. The zero-order valence-corrected chi connectivity index (χ0v) is 16.7. The molecule has 0 spiro atoms. The van der Waals surface area contributed by atoms with E-state index in [1.165, 1.54) is 31.3 Å². The molecule has 11 heteroatoms. The monoisotopic (exact) mass is 414 g/mol. The van der Waals surface area contributed by atoms with Crippen LogP contribution in [-0.4, -0.2) is 57.3 Å². The van der Waals surface area contributed by atoms with E-state index in [2.05, 4.69) is 20.5 Å². The number of rotatable bonds is 7. The number of benzene rings is 1. The highest BCUT2D eigenvalue weighted by Crippen LogP contribution is 2.28. The third-order valence-electron chi connectivity index (χ3n) is 5.44. The molecule has 3 aromatic rings. The summed E-state index contributed by atoms with van der Waals surface area (Å²) >= 11 is 0. The largest absolute Gasteiger partial charge is 0.475 e. The molecule has 2 aromatic heterocycles. The van der Waals surface area contributed by atoms with Crippen LogP contribution in [-0.2, 0) is 6.54 Å². The number of carbonyl (C=O) groups is 1. The summed E-state index contributed by atoms with van der Waals surface area (Å²) in [7, 11) is 1.26. The fourth-order valence-electron chi connectivity index (χ4n) is 3.92. The van der Waals surface area contributed by atoms with Gasteiger partial charge in [0.25, 0.3) is 5.91 Å². The molecule has 0 saturated carbocycles. The summed E-state index contributed by atoms with van der Waals surface area (Å²) in [5, 5.41) is 20.2. The molecule has 1 saturated heterocycles. The predicted molar refractivity (Wildman–Crippen MR) is 109 cm³/mol. The molecule has 3 heterocycles. The van der Waals surface area contributed by atoms with Gasteiger partial charge in [0.05, 0.1) is 49.2 Å². The molecule has 3 N–H and O–H groups in total. The van der Waals surface area contributed by atoms with Gasteiger partial charge in [0.1, 0.15) is 0 Å². The number of aromatic nitrogens is 4. The topological polar surface area (TPSA) is 132 Å². The van der Waals surface area contributed by atoms with Crippen LogP contribution in [0.3, 0.4) is 0 Å². The highest BCUT2D eigenvalue weighted by Gasteiger charge is 2.31. The van der Waals surface area contributed by atoms with Crippen molar-refractivity contribution in [2.24, 2.45) is 0 Å². The van der Waals surface area contributed by atoms with Crippen molar-refractivity contribution < 1.29 is 19.4 Å². The van der Waals surface area contributed by atoms with Gasteiger partial charge in [-0.2, -0.15) is 0 Å². The van der Waals surface area contributed by atoms with Crippen molar-refractivity contribution in [1.29, 1.82) is 0 Å². The summed E-state index contributed by atoms with van der Waals surface area (Å²) in [6.07, 6.45) is 3.75. The van der Waals surface area contributed by atoms with Gasteiger partial charge >= 0.3 is 11.6 Å². The third kappa shape index (κ3) is 3.83. The van der Waals surface area contributed by atoms with E-state index < -0.39 is 16.5 Å². The summed E-state index contributed by atoms with van der Waals surface area (Å²) in [4.78, 5) is 29.5. The molecule has 158 valence electrons. The van der Waals surface area contributed by atoms with Crippen LogP contribution in [0.5, 0.6) is 5.88 Å². The molecule has 1 aromatic carbocycles. The van der Waals surface area contributed by atoms with E-state index in [4.69, 9.17) is 4.74 Å². The van der Waals surface area contributed by atoms with Crippen LogP contribution in [0.25, 0.3) is 11.0 Å². The zero-order valence-electron chi connectivity index (χ0n) is 16.7. The van der Waals surface area contributed by atoms with Crippen molar-refractivity contribution in [1.82, 2.24) is 19.7 Å². The van der Waals surface area contributed by atoms with E-state index in [1.54, 1.807) is 0 Å². The van der Waals surface area contributed by atoms with Crippen LogP contribution in [0.2, 0.25) is 0 Å². The Morgan fingerprint density at radius 2 is 2.10 bits per heavy atom. The van der Waals surface area contributed by atoms with E-state index in [-0.39, 0.29) is 11.6 Å². The molecule has 1 aliphatic heterocycles. The number of carbonyl (C=O) groups excluding carboxylic acids is 1. The van der Waals surface area contributed by atoms with Crippen LogP contribution in [0.4, 0.5) is 11.6 Å². The SMILES string of the molecule is COc1n[nH]c(C(=O)Nc2nc3ccccc3n2CC[NH+]2CCCCC2)c1[N+](=O)[O-]. The number of hydrogen-bond acceptors (Lipinski definition) is 6. The number of nitro groups is 1. The predicted octanol–water partition coefficient (Wildman–Crippen LogP) is 0.997. The molecule has 11 nitrogen and oxygen atoms in total. The summed E-state index contributed by atoms with van der Waals surface area (Å²) in [5.41, 5.74) is 0.867. The average molecular weight is 414 g/mol. The Hall–Kier alpha value is -3.47. The molecule has 1 aliphatic rings. The van der Waals surface area contributed by atoms with Gasteiger partial charge in [-0.1, -0.05) is 12.1 Å². The number of H-pyrrole nitrogens is 1. The third-order valence-corrected chi connectivity index (χ3v) is 5.44. The van der Waals surface area contributed by atoms with E-state index in [9.17, 15) is 14.9 Å². The summed E-state index contributed by atoms with van der Waals surface area (Å²) in [6, 6.07) is 7.62. The Bertz CT molecular complexity index is 1070. The van der Waals surface area contributed by atoms with Gasteiger partial charge in [0.2, 0.25) is 11.6 Å². The number of amides is 1. The van der Waals surface area contributed by atoms with Crippen molar-refractivity contribution in [3.8, 4) is 5.88 Å². The first-order valence-corrected chi connectivity index (χ1v) is 9.95. The number of ether oxygens (including phenoxy) is 1. The minimum absolute atomic E-state index is 0.243. The maximum atomic E-state index is 12.8. The second-order valence-corrected chi connectivity index (χ2v) is 7.30. The van der Waals surface area contributed by atoms with Gasteiger partial charge in [-0.25, -0.2) is 4.98 Å². The van der Waals surface area contributed by atoms with E-state index in [1.807, 2.05) is 28.8 Å². The second kappa shape index (κ2) is 8.49. The lowest BCUT2D eigenvalue weighted by molar-refractivity contribution is -0.905. The number of quaternary nitrogens is 1. The van der Waals surface area contributed by atoms with Gasteiger partial charge < -0.3 is 14.2 Å². The van der Waals surface area contributed by atoms with Gasteiger partial charge in [0, 0.05) is 0 Å². The van der Waals surface area contributed by atoms with Gasteiger partial charge in [-0.15, -0.1) is 5.10 Å². The van der Waals surface area contributed by atoms with E-state index in [0.717, 1.165) is 30.7 Å². The first-order chi connectivity index (χ1) is 14.6. The lowest BCUT2D eigenvalue weighted by Gasteiger charge is -2.24. The smallest absolute Gasteiger partial charge is 0.362 e. The molecule has 0 atom stereocenters. The molecule has 1 fully saturated rings. The number of nitrogens with zero attached hydrogens (tertiary/aromatic N) is 4. The summed E-state index contributed by atoms with van der Waals surface area (Å²) in [6.45, 7) is 3.89. The van der Waals surface area contributed by atoms with Crippen LogP contribution in [0.1, 0.15) is 29.8 Å². The van der Waals surface area contributed by atoms with Crippen molar-refractivity contribution in [3.05, 3.63) is 40.1 Å². The first-order valence-electron chi connectivity index (χ1n) is 9.95. The first kappa shape index (κ1) is 19.8. The van der Waals surface area contributed by atoms with Gasteiger partial charge in [-0.05, 0) is 31.4 Å². The van der Waals surface area contributed by atoms with Gasteiger partial charge in [0.15, 0.2) is 0 Å². The highest BCUT2D eigenvalue weighted by atomic mass is 16.6. The highest BCUT2D eigenvalue weighted by molar-refractivity contribution is 6.06. The van der Waals surface area contributed by atoms with Crippen LogP contribution >= 0.6 is 0 Å². The van der Waals surface area contributed by atoms with Crippen molar-refractivity contribution >= 4 is 28.6 Å². The maximum Gasteiger partial charge on any atom is 0.362 e. The number of anilines is 1. The second-order valence-electron chi connectivity index (χ2n) is 7.30. The lowest BCUT2D eigenvalue weighted by Crippen LogP contribution is -3.13. The Labute approximate surface area is 172 Å². The average Bonchev–Trinajstić information content (AvgIpc) is 3.34. The van der Waals surface area contributed by atoms with Crippen LogP contribution in [0.15, 0.2) is 24.3 Å². The van der Waals surface area contributed by atoms with Crippen molar-refractivity contribution in [2.45, 2.75) is 25.8 Å². The van der Waals surface area contributed by atoms with Crippen LogP contribution in [0, 0.1) is 10.1 Å². The fraction of sp³-hybridized carbons (Fsp3) is 0.421. The van der Waals surface area contributed by atoms with E-state index in [0.29, 0.717) is 12.5 Å². The molecule has 1 amide bonds. The quantitative estimate of drug-likeness (QED) is 0.390. The fourth-order valence-corrected chi connectivity index (χ4v) is 3.92. The molecule has 0 bridgehead atoms. The Kier molecular flexibility index (Phi) is 5.61. The van der Waals surface area contributed by atoms with Crippen molar-refractivity contribution in [3.63, 3.8) is 0 Å². The molecule has 0 aliphatic carbocycles. The molecular formula is C19H24N7O4+. The standard InChI is InChI=1S/C19H23N7O4/c1-30-18-16(26(28)29)15(22-23-18)17(27)21-19-20-13-7-3-4-8-14(13)25(19)12-11-24-9-5-2-6-10-24/h3-4,7-8H,2,5-6,9-12H2,1H3,(H,22,23)(H,20,21,27)/p+1. The van der Waals surface area contributed by atoms with E-state index >= 15 is 0 Å². The molecule has 0 unspecified atom stereocenters. The minimum Gasteiger partial charge on any atom is -0.475 e. The van der Waals surface area contributed by atoms with Crippen molar-refractivity contribution in [2.75, 3.05) is 32.1 Å². The number of imidazole rings is 1. The Morgan fingerprint density at radius 1 is 1.33 bits per heavy atom. The number of piperidine rings is 1. The van der Waals surface area contributed by atoms with Gasteiger partial charge in [-0.3, -0.25) is 25.3 Å². The Morgan fingerprint density at radius 3 is 2.83 bits per heavy atom. The number of aromatic amines is 1. The number of para-hydroxylation sites is 2. The lowest BCUT2D eigenvalue weighted by atomic mass is 10.1. The number of nitrogens with one attached hydrogen (secondary N) is 3.